The van der Waals surface area contributed by atoms with E-state index in [1.54, 1.807) is 7.11 Å². The highest BCUT2D eigenvalue weighted by Crippen LogP contribution is 2.25. The van der Waals surface area contributed by atoms with Crippen LogP contribution in [-0.4, -0.2) is 35.9 Å². The molecular weight excluding hydrogens is 370 g/mol. The SMILES string of the molecule is COc1cccc(CNC(=O)CC[C@@H]2NC(=O)N([C@H](C)c3ccccc3)C2=O)c1. The van der Waals surface area contributed by atoms with Crippen LogP contribution in [0.5, 0.6) is 5.75 Å². The Hall–Kier alpha value is -3.35. The van der Waals surface area contributed by atoms with Crippen LogP contribution in [0.4, 0.5) is 4.79 Å². The maximum atomic E-state index is 12.7. The quantitative estimate of drug-likeness (QED) is 0.673. The van der Waals surface area contributed by atoms with Crippen LogP contribution in [0.25, 0.3) is 0 Å². The molecule has 1 saturated heterocycles. The first kappa shape index (κ1) is 20.4. The molecule has 0 radical (unpaired) electrons. The summed E-state index contributed by atoms with van der Waals surface area (Å²) in [6.07, 6.45) is 0.404. The molecule has 7 heteroatoms. The topological polar surface area (TPSA) is 87.7 Å². The van der Waals surface area contributed by atoms with Gasteiger partial charge in [0.05, 0.1) is 13.2 Å². The second-order valence-corrected chi connectivity index (χ2v) is 6.96. The van der Waals surface area contributed by atoms with Crippen LogP contribution in [0.2, 0.25) is 0 Å². The molecule has 2 aromatic carbocycles. The third-order valence-corrected chi connectivity index (χ3v) is 5.01. The number of amides is 4. The van der Waals surface area contributed by atoms with Gasteiger partial charge < -0.3 is 15.4 Å². The van der Waals surface area contributed by atoms with E-state index in [0.29, 0.717) is 6.54 Å². The molecular formula is C22H25N3O4. The second-order valence-electron chi connectivity index (χ2n) is 6.96. The van der Waals surface area contributed by atoms with E-state index in [1.807, 2.05) is 61.5 Å². The van der Waals surface area contributed by atoms with Gasteiger partial charge in [-0.25, -0.2) is 4.79 Å². The molecule has 2 N–H and O–H groups in total. The highest BCUT2D eigenvalue weighted by molar-refractivity contribution is 6.04. The summed E-state index contributed by atoms with van der Waals surface area (Å²) < 4.78 is 5.16. The molecule has 0 aliphatic carbocycles. The number of carbonyl (C=O) groups is 3. The van der Waals surface area contributed by atoms with Crippen molar-refractivity contribution in [1.29, 1.82) is 0 Å². The summed E-state index contributed by atoms with van der Waals surface area (Å²) in [6.45, 7) is 2.19. The summed E-state index contributed by atoms with van der Waals surface area (Å²) in [5.41, 5.74) is 1.80. The largest absolute Gasteiger partial charge is 0.497 e. The number of methoxy groups -OCH3 is 1. The molecule has 2 aromatic rings. The van der Waals surface area contributed by atoms with Crippen molar-refractivity contribution < 1.29 is 19.1 Å². The molecule has 1 aliphatic rings. The van der Waals surface area contributed by atoms with Gasteiger partial charge in [0.15, 0.2) is 0 Å². The van der Waals surface area contributed by atoms with E-state index in [0.717, 1.165) is 16.9 Å². The number of nitrogens with one attached hydrogen (secondary N) is 2. The molecule has 1 fully saturated rings. The summed E-state index contributed by atoms with van der Waals surface area (Å²) in [6, 6.07) is 15.3. The molecule has 29 heavy (non-hydrogen) atoms. The van der Waals surface area contributed by atoms with Crippen molar-refractivity contribution in [3.63, 3.8) is 0 Å². The number of hydrogen-bond donors (Lipinski definition) is 2. The Morgan fingerprint density at radius 3 is 2.66 bits per heavy atom. The maximum absolute atomic E-state index is 12.7. The van der Waals surface area contributed by atoms with E-state index in [1.165, 1.54) is 4.90 Å². The molecule has 2 atom stereocenters. The van der Waals surface area contributed by atoms with Crippen molar-refractivity contribution in [2.45, 2.75) is 38.4 Å². The van der Waals surface area contributed by atoms with E-state index in [-0.39, 0.29) is 30.7 Å². The second kappa shape index (κ2) is 9.23. The lowest BCUT2D eigenvalue weighted by Gasteiger charge is -2.21. The number of hydrogen-bond acceptors (Lipinski definition) is 4. The third-order valence-electron chi connectivity index (χ3n) is 5.01. The van der Waals surface area contributed by atoms with Gasteiger partial charge in [-0.05, 0) is 36.6 Å². The monoisotopic (exact) mass is 395 g/mol. The van der Waals surface area contributed by atoms with Gasteiger partial charge >= 0.3 is 6.03 Å². The van der Waals surface area contributed by atoms with Gasteiger partial charge in [-0.15, -0.1) is 0 Å². The Balaban J connectivity index is 1.51. The van der Waals surface area contributed by atoms with Crippen LogP contribution in [-0.2, 0) is 16.1 Å². The number of benzene rings is 2. The molecule has 1 heterocycles. The fourth-order valence-corrected chi connectivity index (χ4v) is 3.34. The molecule has 0 aromatic heterocycles. The van der Waals surface area contributed by atoms with E-state index < -0.39 is 12.1 Å². The number of urea groups is 1. The molecule has 0 saturated carbocycles. The predicted octanol–water partition coefficient (Wildman–Crippen LogP) is 2.77. The van der Waals surface area contributed by atoms with E-state index in [9.17, 15) is 14.4 Å². The van der Waals surface area contributed by atoms with Gasteiger partial charge in [-0.2, -0.15) is 0 Å². The number of imide groups is 1. The molecule has 0 unspecified atom stereocenters. The Labute approximate surface area is 170 Å². The van der Waals surface area contributed by atoms with Gasteiger partial charge in [0.25, 0.3) is 5.91 Å². The van der Waals surface area contributed by atoms with Crippen LogP contribution in [0.3, 0.4) is 0 Å². The highest BCUT2D eigenvalue weighted by atomic mass is 16.5. The van der Waals surface area contributed by atoms with E-state index in [4.69, 9.17) is 4.74 Å². The van der Waals surface area contributed by atoms with Gasteiger partial charge in [-0.1, -0.05) is 42.5 Å². The molecule has 7 nitrogen and oxygen atoms in total. The Bertz CT molecular complexity index is 885. The molecule has 152 valence electrons. The lowest BCUT2D eigenvalue weighted by atomic mass is 10.1. The predicted molar refractivity (Wildman–Crippen MR) is 108 cm³/mol. The average molecular weight is 395 g/mol. The minimum absolute atomic E-state index is 0.147. The molecule has 0 bridgehead atoms. The summed E-state index contributed by atoms with van der Waals surface area (Å²) in [5, 5.41) is 5.52. The molecule has 0 spiro atoms. The van der Waals surface area contributed by atoms with E-state index in [2.05, 4.69) is 10.6 Å². The van der Waals surface area contributed by atoms with Crippen LogP contribution in [0.1, 0.15) is 36.9 Å². The minimum atomic E-state index is -0.684. The van der Waals surface area contributed by atoms with Crippen molar-refractivity contribution in [3.05, 3.63) is 65.7 Å². The highest BCUT2D eigenvalue weighted by Gasteiger charge is 2.40. The van der Waals surface area contributed by atoms with Crippen LogP contribution < -0.4 is 15.4 Å². The van der Waals surface area contributed by atoms with Gasteiger partial charge in [0, 0.05) is 13.0 Å². The first-order chi connectivity index (χ1) is 14.0. The number of carbonyl (C=O) groups excluding carboxylic acids is 3. The summed E-state index contributed by atoms with van der Waals surface area (Å²) in [5.74, 6) is 0.250. The Morgan fingerprint density at radius 1 is 1.17 bits per heavy atom. The molecule has 1 aliphatic heterocycles. The third kappa shape index (κ3) is 4.93. The van der Waals surface area contributed by atoms with Crippen LogP contribution in [0, 0.1) is 0 Å². The van der Waals surface area contributed by atoms with Crippen LogP contribution >= 0.6 is 0 Å². The van der Waals surface area contributed by atoms with E-state index >= 15 is 0 Å². The first-order valence-corrected chi connectivity index (χ1v) is 9.57. The zero-order valence-corrected chi connectivity index (χ0v) is 16.6. The van der Waals surface area contributed by atoms with Crippen molar-refractivity contribution in [2.75, 3.05) is 7.11 Å². The smallest absolute Gasteiger partial charge is 0.325 e. The van der Waals surface area contributed by atoms with Crippen molar-refractivity contribution >= 4 is 17.8 Å². The van der Waals surface area contributed by atoms with Crippen molar-refractivity contribution in [3.8, 4) is 5.75 Å². The Kier molecular flexibility index (Phi) is 6.49. The zero-order valence-electron chi connectivity index (χ0n) is 16.6. The summed E-state index contributed by atoms with van der Waals surface area (Å²) >= 11 is 0. The lowest BCUT2D eigenvalue weighted by Crippen LogP contribution is -2.34. The van der Waals surface area contributed by atoms with Gasteiger partial charge in [0.2, 0.25) is 5.91 Å². The van der Waals surface area contributed by atoms with Crippen LogP contribution in [0.15, 0.2) is 54.6 Å². The standard InChI is InChI=1S/C22H25N3O4/c1-15(17-8-4-3-5-9-17)25-21(27)19(24-22(25)28)11-12-20(26)23-14-16-7-6-10-18(13-16)29-2/h3-10,13,15,19H,11-12,14H2,1-2H3,(H,23,26)(H,24,28)/t15-,19+/m1/s1. The maximum Gasteiger partial charge on any atom is 0.325 e. The average Bonchev–Trinajstić information content (AvgIpc) is 3.04. The first-order valence-electron chi connectivity index (χ1n) is 9.57. The van der Waals surface area contributed by atoms with Crippen molar-refractivity contribution in [2.24, 2.45) is 0 Å². The summed E-state index contributed by atoms with van der Waals surface area (Å²) in [4.78, 5) is 38.4. The zero-order chi connectivity index (χ0) is 20.8. The molecule has 3 rings (SSSR count). The number of rotatable bonds is 8. The Morgan fingerprint density at radius 2 is 1.93 bits per heavy atom. The normalized spacial score (nSPS) is 17.0. The fraction of sp³-hybridized carbons (Fsp3) is 0.318. The minimum Gasteiger partial charge on any atom is -0.497 e. The summed E-state index contributed by atoms with van der Waals surface area (Å²) in [7, 11) is 1.59. The molecule has 4 amide bonds. The van der Waals surface area contributed by atoms with Gasteiger partial charge in [0.1, 0.15) is 11.8 Å². The fourth-order valence-electron chi connectivity index (χ4n) is 3.34. The lowest BCUT2D eigenvalue weighted by molar-refractivity contribution is -0.129. The van der Waals surface area contributed by atoms with Gasteiger partial charge in [-0.3, -0.25) is 14.5 Å². The number of nitrogens with zero attached hydrogens (tertiary/aromatic N) is 1. The van der Waals surface area contributed by atoms with Crippen molar-refractivity contribution in [1.82, 2.24) is 15.5 Å². The number of ether oxygens (including phenoxy) is 1.